The molecule has 2 aromatic heterocycles. The average Bonchev–Trinajstić information content (AvgIpc) is 2.53. The summed E-state index contributed by atoms with van der Waals surface area (Å²) in [5, 5.41) is 0. The number of aromatic amines is 1. The minimum atomic E-state index is -0.104. The molecule has 0 spiro atoms. The summed E-state index contributed by atoms with van der Waals surface area (Å²) in [4.78, 5) is 32.4. The summed E-state index contributed by atoms with van der Waals surface area (Å²) in [6, 6.07) is 3.60. The molecule has 3 rings (SSSR count). The Morgan fingerprint density at radius 3 is 2.08 bits per heavy atom. The number of aryl methyl sites for hydroxylation is 2. The topological polar surface area (TPSA) is 78.0 Å². The largest absolute Gasteiger partial charge is 0.353 e. The molecule has 0 radical (unpaired) electrons. The van der Waals surface area contributed by atoms with E-state index in [0.29, 0.717) is 11.7 Å². The van der Waals surface area contributed by atoms with Gasteiger partial charge in [0.15, 0.2) is 0 Å². The second kappa shape index (κ2) is 6.59. The lowest BCUT2D eigenvalue weighted by Crippen LogP contribution is -2.47. The standard InChI is InChI=1S/C17H24N6O/c1-11(2)17-18-12(3)9-14(21-17)22-5-7-23(8-6-22)15-10-16(24)20-13(4)19-15/h9-11H,5-8H2,1-4H3,(H,19,20,24). The average molecular weight is 328 g/mol. The van der Waals surface area contributed by atoms with Crippen LogP contribution in [0.4, 0.5) is 11.6 Å². The van der Waals surface area contributed by atoms with E-state index in [1.165, 1.54) is 0 Å². The van der Waals surface area contributed by atoms with Crippen molar-refractivity contribution in [1.82, 2.24) is 19.9 Å². The van der Waals surface area contributed by atoms with Gasteiger partial charge in [-0.3, -0.25) is 4.79 Å². The lowest BCUT2D eigenvalue weighted by Gasteiger charge is -2.36. The second-order valence-electron chi connectivity index (χ2n) is 6.54. The maximum atomic E-state index is 11.6. The number of nitrogens with one attached hydrogen (secondary N) is 1. The lowest BCUT2D eigenvalue weighted by molar-refractivity contribution is 0.634. The van der Waals surface area contributed by atoms with Gasteiger partial charge in [0.2, 0.25) is 0 Å². The smallest absolute Gasteiger partial charge is 0.252 e. The fourth-order valence-corrected chi connectivity index (χ4v) is 2.88. The molecule has 1 aliphatic heterocycles. The monoisotopic (exact) mass is 328 g/mol. The Morgan fingerprint density at radius 1 is 0.958 bits per heavy atom. The molecule has 7 heteroatoms. The van der Waals surface area contributed by atoms with Crippen molar-refractivity contribution in [2.75, 3.05) is 36.0 Å². The molecule has 128 valence electrons. The molecule has 0 aromatic carbocycles. The summed E-state index contributed by atoms with van der Waals surface area (Å²) in [6.07, 6.45) is 0. The lowest BCUT2D eigenvalue weighted by atomic mass is 10.2. The molecular weight excluding hydrogens is 304 g/mol. The van der Waals surface area contributed by atoms with Crippen molar-refractivity contribution < 1.29 is 0 Å². The van der Waals surface area contributed by atoms with Crippen LogP contribution in [-0.2, 0) is 0 Å². The van der Waals surface area contributed by atoms with Crippen molar-refractivity contribution in [3.63, 3.8) is 0 Å². The summed E-state index contributed by atoms with van der Waals surface area (Å²) in [5.41, 5.74) is 0.894. The Bertz CT molecular complexity index is 777. The van der Waals surface area contributed by atoms with Crippen molar-refractivity contribution in [2.24, 2.45) is 0 Å². The Kier molecular flexibility index (Phi) is 4.51. The van der Waals surface area contributed by atoms with E-state index >= 15 is 0 Å². The van der Waals surface area contributed by atoms with Crippen LogP contribution in [0.1, 0.15) is 37.1 Å². The van der Waals surface area contributed by atoms with Crippen LogP contribution in [0.2, 0.25) is 0 Å². The van der Waals surface area contributed by atoms with Gasteiger partial charge in [-0.2, -0.15) is 0 Å². The molecule has 0 aliphatic carbocycles. The van der Waals surface area contributed by atoms with Crippen LogP contribution < -0.4 is 15.4 Å². The van der Waals surface area contributed by atoms with Gasteiger partial charge in [-0.25, -0.2) is 15.0 Å². The van der Waals surface area contributed by atoms with Gasteiger partial charge >= 0.3 is 0 Å². The normalized spacial score (nSPS) is 15.2. The highest BCUT2D eigenvalue weighted by Crippen LogP contribution is 2.20. The predicted octanol–water partition coefficient (Wildman–Crippen LogP) is 1.63. The van der Waals surface area contributed by atoms with E-state index in [4.69, 9.17) is 4.98 Å². The van der Waals surface area contributed by atoms with E-state index in [1.807, 2.05) is 13.0 Å². The van der Waals surface area contributed by atoms with Crippen LogP contribution in [0, 0.1) is 13.8 Å². The molecule has 3 heterocycles. The van der Waals surface area contributed by atoms with Gasteiger partial charge in [-0.1, -0.05) is 13.8 Å². The van der Waals surface area contributed by atoms with E-state index in [2.05, 4.69) is 38.6 Å². The Hall–Kier alpha value is -2.44. The van der Waals surface area contributed by atoms with E-state index in [-0.39, 0.29) is 5.56 Å². The summed E-state index contributed by atoms with van der Waals surface area (Å²) >= 11 is 0. The van der Waals surface area contributed by atoms with Gasteiger partial charge < -0.3 is 14.8 Å². The number of H-pyrrole nitrogens is 1. The highest BCUT2D eigenvalue weighted by atomic mass is 16.1. The summed E-state index contributed by atoms with van der Waals surface area (Å²) in [7, 11) is 0. The number of rotatable bonds is 3. The molecule has 7 nitrogen and oxygen atoms in total. The van der Waals surface area contributed by atoms with Crippen LogP contribution in [0.15, 0.2) is 16.9 Å². The van der Waals surface area contributed by atoms with E-state index < -0.39 is 0 Å². The first-order chi connectivity index (χ1) is 11.4. The molecule has 0 unspecified atom stereocenters. The number of hydrogen-bond donors (Lipinski definition) is 1. The number of piperazine rings is 1. The quantitative estimate of drug-likeness (QED) is 0.922. The van der Waals surface area contributed by atoms with Gasteiger partial charge in [0.05, 0.1) is 0 Å². The highest BCUT2D eigenvalue weighted by Gasteiger charge is 2.20. The molecular formula is C17H24N6O. The number of aromatic nitrogens is 4. The zero-order valence-corrected chi connectivity index (χ0v) is 14.7. The molecule has 2 aromatic rings. The van der Waals surface area contributed by atoms with Crippen LogP contribution in [0.25, 0.3) is 0 Å². The number of nitrogens with zero attached hydrogens (tertiary/aromatic N) is 5. The number of hydrogen-bond acceptors (Lipinski definition) is 6. The van der Waals surface area contributed by atoms with Gasteiger partial charge in [0.1, 0.15) is 23.3 Å². The van der Waals surface area contributed by atoms with Gasteiger partial charge in [-0.05, 0) is 13.8 Å². The third-order valence-corrected chi connectivity index (χ3v) is 4.15. The Labute approximate surface area is 141 Å². The Morgan fingerprint density at radius 2 is 1.54 bits per heavy atom. The third kappa shape index (κ3) is 3.55. The van der Waals surface area contributed by atoms with E-state index in [0.717, 1.165) is 49.3 Å². The molecule has 1 fully saturated rings. The molecule has 1 N–H and O–H groups in total. The zero-order valence-electron chi connectivity index (χ0n) is 14.7. The predicted molar refractivity (Wildman–Crippen MR) is 94.9 cm³/mol. The minimum Gasteiger partial charge on any atom is -0.353 e. The highest BCUT2D eigenvalue weighted by molar-refractivity contribution is 5.45. The summed E-state index contributed by atoms with van der Waals surface area (Å²) < 4.78 is 0. The first kappa shape index (κ1) is 16.4. The second-order valence-corrected chi connectivity index (χ2v) is 6.54. The van der Waals surface area contributed by atoms with Crippen molar-refractivity contribution in [1.29, 1.82) is 0 Å². The van der Waals surface area contributed by atoms with Gasteiger partial charge in [-0.15, -0.1) is 0 Å². The molecule has 0 saturated carbocycles. The van der Waals surface area contributed by atoms with Gasteiger partial charge in [0, 0.05) is 49.9 Å². The molecule has 0 atom stereocenters. The number of anilines is 2. The first-order valence-corrected chi connectivity index (χ1v) is 8.36. The van der Waals surface area contributed by atoms with E-state index in [1.54, 1.807) is 13.0 Å². The van der Waals surface area contributed by atoms with E-state index in [9.17, 15) is 4.79 Å². The van der Waals surface area contributed by atoms with Crippen molar-refractivity contribution >= 4 is 11.6 Å². The van der Waals surface area contributed by atoms with Crippen molar-refractivity contribution in [3.05, 3.63) is 39.8 Å². The summed E-state index contributed by atoms with van der Waals surface area (Å²) in [5.74, 6) is 3.58. The van der Waals surface area contributed by atoms with Crippen molar-refractivity contribution in [2.45, 2.75) is 33.6 Å². The maximum absolute atomic E-state index is 11.6. The molecule has 1 aliphatic rings. The van der Waals surface area contributed by atoms with Crippen LogP contribution in [0.3, 0.4) is 0 Å². The molecule has 24 heavy (non-hydrogen) atoms. The molecule has 0 amide bonds. The van der Waals surface area contributed by atoms with Crippen molar-refractivity contribution in [3.8, 4) is 0 Å². The first-order valence-electron chi connectivity index (χ1n) is 8.36. The molecule has 0 bridgehead atoms. The summed E-state index contributed by atoms with van der Waals surface area (Å²) in [6.45, 7) is 11.4. The van der Waals surface area contributed by atoms with Gasteiger partial charge in [0.25, 0.3) is 5.56 Å². The van der Waals surface area contributed by atoms with Crippen LogP contribution in [-0.4, -0.2) is 46.1 Å². The SMILES string of the molecule is Cc1cc(N2CCN(c3cc(=O)[nH]c(C)n3)CC2)nc(C(C)C)n1. The third-order valence-electron chi connectivity index (χ3n) is 4.15. The zero-order chi connectivity index (χ0) is 17.3. The molecule has 1 saturated heterocycles. The van der Waals surface area contributed by atoms with Crippen LogP contribution in [0.5, 0.6) is 0 Å². The maximum Gasteiger partial charge on any atom is 0.252 e. The minimum absolute atomic E-state index is 0.104. The Balaban J connectivity index is 1.74. The van der Waals surface area contributed by atoms with Crippen LogP contribution >= 0.6 is 0 Å². The fourth-order valence-electron chi connectivity index (χ4n) is 2.88. The fraction of sp³-hybridized carbons (Fsp3) is 0.529.